The first-order valence-corrected chi connectivity index (χ1v) is 6.64. The third kappa shape index (κ3) is 2.52. The molecule has 1 heterocycles. The van der Waals surface area contributed by atoms with Crippen LogP contribution in [0.3, 0.4) is 0 Å². The molecule has 1 fully saturated rings. The maximum atomic E-state index is 13.5. The fourth-order valence-electron chi connectivity index (χ4n) is 2.25. The molecule has 0 spiro atoms. The zero-order chi connectivity index (χ0) is 14.1. The predicted octanol–water partition coefficient (Wildman–Crippen LogP) is 2.47. The fourth-order valence-corrected chi connectivity index (χ4v) is 2.25. The van der Waals surface area contributed by atoms with Gasteiger partial charge in [-0.25, -0.2) is 4.39 Å². The fraction of sp³-hybridized carbons (Fsp3) is 0.267. The number of nitrogens with two attached hydrogens (primary N) is 1. The second-order valence-electron chi connectivity index (χ2n) is 5.07. The summed E-state index contributed by atoms with van der Waals surface area (Å²) in [7, 11) is 0. The van der Waals surface area contributed by atoms with E-state index in [0.717, 1.165) is 12.8 Å². The van der Waals surface area contributed by atoms with E-state index in [0.29, 0.717) is 23.0 Å². The van der Waals surface area contributed by atoms with Crippen molar-refractivity contribution in [1.29, 1.82) is 0 Å². The van der Waals surface area contributed by atoms with Gasteiger partial charge in [0.2, 0.25) is 0 Å². The molecule has 0 saturated heterocycles. The molecule has 2 aromatic rings. The highest BCUT2D eigenvalue weighted by molar-refractivity contribution is 5.93. The van der Waals surface area contributed by atoms with Crippen LogP contribution in [0.5, 0.6) is 0 Å². The molecular formula is C15H16FN3O. The van der Waals surface area contributed by atoms with Crippen molar-refractivity contribution >= 4 is 11.6 Å². The van der Waals surface area contributed by atoms with Crippen LogP contribution in [0.25, 0.3) is 0 Å². The van der Waals surface area contributed by atoms with Crippen molar-refractivity contribution in [3.8, 4) is 0 Å². The molecule has 20 heavy (non-hydrogen) atoms. The molecular weight excluding hydrogens is 257 g/mol. The van der Waals surface area contributed by atoms with Gasteiger partial charge in [-0.2, -0.15) is 0 Å². The summed E-state index contributed by atoms with van der Waals surface area (Å²) in [5, 5.41) is 2.74. The first kappa shape index (κ1) is 12.7. The molecule has 1 aromatic heterocycles. The lowest BCUT2D eigenvalue weighted by atomic mass is 10.2. The molecule has 4 nitrogen and oxygen atoms in total. The number of anilines is 1. The van der Waals surface area contributed by atoms with Crippen molar-refractivity contribution < 1.29 is 9.18 Å². The quantitative estimate of drug-likeness (QED) is 0.899. The number of carbonyl (C=O) groups excluding carboxylic acids is 1. The van der Waals surface area contributed by atoms with Crippen LogP contribution < -0.4 is 11.1 Å². The number of nitrogens with one attached hydrogen (secondary N) is 1. The average Bonchev–Trinajstić information content (AvgIpc) is 3.20. The third-order valence-electron chi connectivity index (χ3n) is 3.44. The Labute approximate surface area is 116 Å². The number of hydrogen-bond donors (Lipinski definition) is 2. The van der Waals surface area contributed by atoms with Gasteiger partial charge in [-0.05, 0) is 25.0 Å². The van der Waals surface area contributed by atoms with Crippen LogP contribution in [0.4, 0.5) is 10.1 Å². The molecule has 0 atom stereocenters. The smallest absolute Gasteiger partial charge is 0.268 e. The van der Waals surface area contributed by atoms with Crippen molar-refractivity contribution in [1.82, 2.24) is 9.88 Å². The predicted molar refractivity (Wildman–Crippen MR) is 74.7 cm³/mol. The lowest BCUT2D eigenvalue weighted by Gasteiger charge is -2.09. The number of halogens is 1. The van der Waals surface area contributed by atoms with E-state index in [2.05, 4.69) is 5.32 Å². The minimum atomic E-state index is -0.315. The highest BCUT2D eigenvalue weighted by atomic mass is 19.1. The molecule has 0 unspecified atom stereocenters. The molecule has 0 aliphatic heterocycles. The largest absolute Gasteiger partial charge is 0.397 e. The number of carbonyl (C=O) groups is 1. The maximum absolute atomic E-state index is 13.5. The summed E-state index contributed by atoms with van der Waals surface area (Å²) in [6.45, 7) is 0.168. The molecule has 1 saturated carbocycles. The Morgan fingerprint density at radius 3 is 2.85 bits per heavy atom. The average molecular weight is 273 g/mol. The van der Waals surface area contributed by atoms with E-state index in [1.807, 2.05) is 4.57 Å². The van der Waals surface area contributed by atoms with Crippen LogP contribution >= 0.6 is 0 Å². The first-order valence-electron chi connectivity index (χ1n) is 6.64. The summed E-state index contributed by atoms with van der Waals surface area (Å²) in [6, 6.07) is 8.45. The van der Waals surface area contributed by atoms with Crippen molar-refractivity contribution in [3.63, 3.8) is 0 Å². The number of nitrogens with zero attached hydrogens (tertiary/aromatic N) is 1. The first-order chi connectivity index (χ1) is 9.65. The Kier molecular flexibility index (Phi) is 3.18. The molecule has 1 aliphatic carbocycles. The molecule has 3 N–H and O–H groups in total. The molecule has 0 bridgehead atoms. The Hall–Kier alpha value is -2.30. The van der Waals surface area contributed by atoms with Crippen LogP contribution in [0, 0.1) is 5.82 Å². The van der Waals surface area contributed by atoms with Gasteiger partial charge >= 0.3 is 0 Å². The normalized spacial score (nSPS) is 14.2. The maximum Gasteiger partial charge on any atom is 0.268 e. The molecule has 1 aromatic carbocycles. The second-order valence-corrected chi connectivity index (χ2v) is 5.07. The number of amides is 1. The SMILES string of the molecule is Nc1cc(C(=O)NCc2ccccc2F)n(C2CC2)c1. The van der Waals surface area contributed by atoms with Crippen LogP contribution in [0.1, 0.15) is 34.9 Å². The Balaban J connectivity index is 1.72. The zero-order valence-electron chi connectivity index (χ0n) is 11.0. The van der Waals surface area contributed by atoms with Gasteiger partial charge in [0, 0.05) is 24.3 Å². The standard InChI is InChI=1S/C15H16FN3O/c16-13-4-2-1-3-10(13)8-18-15(20)14-7-11(17)9-19(14)12-5-6-12/h1-4,7,9,12H,5-6,8,17H2,(H,18,20). The van der Waals surface area contributed by atoms with E-state index >= 15 is 0 Å². The van der Waals surface area contributed by atoms with E-state index in [1.54, 1.807) is 30.5 Å². The highest BCUT2D eigenvalue weighted by Crippen LogP contribution is 2.37. The van der Waals surface area contributed by atoms with Crippen LogP contribution in [-0.2, 0) is 6.54 Å². The van der Waals surface area contributed by atoms with Crippen molar-refractivity contribution in [2.45, 2.75) is 25.4 Å². The van der Waals surface area contributed by atoms with Crippen molar-refractivity contribution in [3.05, 3.63) is 53.6 Å². The highest BCUT2D eigenvalue weighted by Gasteiger charge is 2.27. The van der Waals surface area contributed by atoms with Gasteiger partial charge in [0.05, 0.1) is 5.69 Å². The topological polar surface area (TPSA) is 60.1 Å². The minimum Gasteiger partial charge on any atom is -0.397 e. The lowest BCUT2D eigenvalue weighted by Crippen LogP contribution is -2.25. The summed E-state index contributed by atoms with van der Waals surface area (Å²) >= 11 is 0. The zero-order valence-corrected chi connectivity index (χ0v) is 11.0. The van der Waals surface area contributed by atoms with Gasteiger partial charge in [0.1, 0.15) is 11.5 Å². The second kappa shape index (κ2) is 5.00. The summed E-state index contributed by atoms with van der Waals surface area (Å²) in [6.07, 6.45) is 3.93. The van der Waals surface area contributed by atoms with E-state index in [4.69, 9.17) is 5.73 Å². The van der Waals surface area contributed by atoms with Gasteiger partial charge in [-0.3, -0.25) is 4.79 Å². The number of hydrogen-bond acceptors (Lipinski definition) is 2. The van der Waals surface area contributed by atoms with Gasteiger partial charge in [0.15, 0.2) is 0 Å². The number of nitrogen functional groups attached to an aromatic ring is 1. The molecule has 104 valence electrons. The number of rotatable bonds is 4. The van der Waals surface area contributed by atoms with Crippen LogP contribution in [0.15, 0.2) is 36.5 Å². The monoisotopic (exact) mass is 273 g/mol. The third-order valence-corrected chi connectivity index (χ3v) is 3.44. The lowest BCUT2D eigenvalue weighted by molar-refractivity contribution is 0.0941. The van der Waals surface area contributed by atoms with Crippen molar-refractivity contribution in [2.24, 2.45) is 0 Å². The van der Waals surface area contributed by atoms with E-state index in [-0.39, 0.29) is 18.3 Å². The minimum absolute atomic E-state index is 0.168. The van der Waals surface area contributed by atoms with Gasteiger partial charge < -0.3 is 15.6 Å². The van der Waals surface area contributed by atoms with E-state index < -0.39 is 0 Å². The van der Waals surface area contributed by atoms with Gasteiger partial charge in [-0.15, -0.1) is 0 Å². The molecule has 1 amide bonds. The summed E-state index contributed by atoms with van der Waals surface area (Å²) in [5.41, 5.74) is 7.34. The summed E-state index contributed by atoms with van der Waals surface area (Å²) < 4.78 is 15.4. The Bertz CT molecular complexity index is 646. The molecule has 1 aliphatic rings. The van der Waals surface area contributed by atoms with Crippen molar-refractivity contribution in [2.75, 3.05) is 5.73 Å². The van der Waals surface area contributed by atoms with E-state index in [1.165, 1.54) is 6.07 Å². The Morgan fingerprint density at radius 2 is 2.15 bits per heavy atom. The molecule has 0 radical (unpaired) electrons. The van der Waals surface area contributed by atoms with Crippen LogP contribution in [-0.4, -0.2) is 10.5 Å². The summed E-state index contributed by atoms with van der Waals surface area (Å²) in [4.78, 5) is 12.2. The molecule has 3 rings (SSSR count). The Morgan fingerprint density at radius 1 is 1.40 bits per heavy atom. The van der Waals surface area contributed by atoms with Gasteiger partial charge in [-0.1, -0.05) is 18.2 Å². The number of aromatic nitrogens is 1. The summed E-state index contributed by atoms with van der Waals surface area (Å²) in [5.74, 6) is -0.540. The van der Waals surface area contributed by atoms with E-state index in [9.17, 15) is 9.18 Å². The molecule has 5 heteroatoms. The van der Waals surface area contributed by atoms with Gasteiger partial charge in [0.25, 0.3) is 5.91 Å². The number of benzene rings is 1. The van der Waals surface area contributed by atoms with Crippen LogP contribution in [0.2, 0.25) is 0 Å².